The zero-order chi connectivity index (χ0) is 11.7. The Kier molecular flexibility index (Phi) is 3.01. The van der Waals surface area contributed by atoms with E-state index in [1.807, 2.05) is 0 Å². The smallest absolute Gasteiger partial charge is 0.308 e. The van der Waals surface area contributed by atoms with Crippen LogP contribution in [0.25, 0.3) is 0 Å². The molecule has 0 bridgehead atoms. The number of hydrogen-bond acceptors (Lipinski definition) is 2. The number of carbonyl (C=O) groups is 1. The fourth-order valence-corrected chi connectivity index (χ4v) is 1.95. The Hall–Kier alpha value is -1.29. The highest BCUT2D eigenvalue weighted by atomic mass is 35.5. The number of benzene rings is 1. The Bertz CT molecular complexity index is 424. The molecule has 1 saturated carbocycles. The first-order chi connectivity index (χ1) is 7.58. The molecule has 16 heavy (non-hydrogen) atoms. The van der Waals surface area contributed by atoms with Gasteiger partial charge in [-0.15, -0.1) is 0 Å². The molecule has 0 saturated heterocycles. The second-order valence-electron chi connectivity index (χ2n) is 3.90. The molecule has 1 fully saturated rings. The monoisotopic (exact) mass is 243 g/mol. The molecule has 1 aliphatic carbocycles. The minimum atomic E-state index is -0.794. The Balaban J connectivity index is 2.04. The zero-order valence-electron chi connectivity index (χ0n) is 8.41. The Morgan fingerprint density at radius 2 is 2.25 bits per heavy atom. The first-order valence-electron chi connectivity index (χ1n) is 5.02. The minimum Gasteiger partial charge on any atom is -0.481 e. The van der Waals surface area contributed by atoms with Gasteiger partial charge in [0.25, 0.3) is 0 Å². The average molecular weight is 244 g/mol. The molecule has 5 heteroatoms. The number of rotatable bonds is 3. The minimum absolute atomic E-state index is 0.0381. The summed E-state index contributed by atoms with van der Waals surface area (Å²) in [5.41, 5.74) is 0.655. The number of carboxylic acid groups (broad SMARTS) is 1. The topological polar surface area (TPSA) is 49.3 Å². The van der Waals surface area contributed by atoms with Gasteiger partial charge in [-0.25, -0.2) is 4.39 Å². The van der Waals surface area contributed by atoms with Crippen LogP contribution in [0.4, 0.5) is 10.1 Å². The molecule has 2 unspecified atom stereocenters. The van der Waals surface area contributed by atoms with Crippen LogP contribution in [0.3, 0.4) is 0 Å². The van der Waals surface area contributed by atoms with E-state index in [0.717, 1.165) is 6.42 Å². The van der Waals surface area contributed by atoms with Gasteiger partial charge in [-0.1, -0.05) is 11.6 Å². The van der Waals surface area contributed by atoms with E-state index in [1.165, 1.54) is 12.1 Å². The maximum absolute atomic E-state index is 12.9. The number of carboxylic acids is 1. The van der Waals surface area contributed by atoms with Gasteiger partial charge in [-0.3, -0.25) is 4.79 Å². The lowest BCUT2D eigenvalue weighted by Crippen LogP contribution is -2.42. The molecule has 0 aromatic heterocycles. The summed E-state index contributed by atoms with van der Waals surface area (Å²) in [6.07, 6.45) is 1.49. The van der Waals surface area contributed by atoms with Crippen molar-refractivity contribution in [3.63, 3.8) is 0 Å². The van der Waals surface area contributed by atoms with Crippen molar-refractivity contribution in [3.05, 3.63) is 29.0 Å². The van der Waals surface area contributed by atoms with Crippen molar-refractivity contribution in [2.75, 3.05) is 5.32 Å². The van der Waals surface area contributed by atoms with E-state index in [-0.39, 0.29) is 17.0 Å². The van der Waals surface area contributed by atoms with Crippen molar-refractivity contribution in [2.24, 2.45) is 5.92 Å². The third kappa shape index (κ3) is 2.11. The van der Waals surface area contributed by atoms with Crippen LogP contribution in [0.15, 0.2) is 18.2 Å². The van der Waals surface area contributed by atoms with E-state index in [1.54, 1.807) is 6.07 Å². The highest BCUT2D eigenvalue weighted by molar-refractivity contribution is 6.31. The molecule has 3 nitrogen and oxygen atoms in total. The summed E-state index contributed by atoms with van der Waals surface area (Å²) < 4.78 is 12.9. The van der Waals surface area contributed by atoms with Gasteiger partial charge in [-0.05, 0) is 31.0 Å². The third-order valence-electron chi connectivity index (χ3n) is 2.86. The van der Waals surface area contributed by atoms with Gasteiger partial charge < -0.3 is 10.4 Å². The number of anilines is 1. The molecule has 1 aromatic rings. The van der Waals surface area contributed by atoms with E-state index >= 15 is 0 Å². The average Bonchev–Trinajstić information content (AvgIpc) is 2.17. The predicted octanol–water partition coefficient (Wildman–Crippen LogP) is 2.75. The first kappa shape index (κ1) is 11.2. The standard InChI is InChI=1S/C11H11ClFNO2/c12-8-5-6(1-3-9(8)13)14-10-4-2-7(10)11(15)16/h1,3,5,7,10,14H,2,4H2,(H,15,16). The normalized spacial score (nSPS) is 23.6. The molecule has 2 rings (SSSR count). The maximum Gasteiger partial charge on any atom is 0.308 e. The van der Waals surface area contributed by atoms with Gasteiger partial charge in [0.05, 0.1) is 10.9 Å². The fraction of sp³-hybridized carbons (Fsp3) is 0.364. The van der Waals surface area contributed by atoms with E-state index in [2.05, 4.69) is 5.32 Å². The molecule has 0 aliphatic heterocycles. The van der Waals surface area contributed by atoms with Gasteiger partial charge in [-0.2, -0.15) is 0 Å². The van der Waals surface area contributed by atoms with Crippen LogP contribution < -0.4 is 5.32 Å². The second kappa shape index (κ2) is 4.29. The number of hydrogen-bond donors (Lipinski definition) is 2. The zero-order valence-corrected chi connectivity index (χ0v) is 9.17. The second-order valence-corrected chi connectivity index (χ2v) is 4.31. The van der Waals surface area contributed by atoms with Crippen LogP contribution in [0.2, 0.25) is 5.02 Å². The van der Waals surface area contributed by atoms with Crippen molar-refractivity contribution in [3.8, 4) is 0 Å². The number of halogens is 2. The molecule has 0 heterocycles. The summed E-state index contributed by atoms with van der Waals surface area (Å²) in [6.45, 7) is 0. The van der Waals surface area contributed by atoms with E-state index in [9.17, 15) is 9.18 Å². The Morgan fingerprint density at radius 1 is 1.50 bits per heavy atom. The molecule has 1 aliphatic rings. The quantitative estimate of drug-likeness (QED) is 0.858. The lowest BCUT2D eigenvalue weighted by Gasteiger charge is -2.34. The predicted molar refractivity (Wildman–Crippen MR) is 59.2 cm³/mol. The molecule has 0 radical (unpaired) electrons. The molecule has 2 N–H and O–H groups in total. The van der Waals surface area contributed by atoms with E-state index < -0.39 is 11.8 Å². The molecule has 0 spiro atoms. The molecule has 1 aromatic carbocycles. The van der Waals surface area contributed by atoms with Gasteiger partial charge in [0.2, 0.25) is 0 Å². The lowest BCUT2D eigenvalue weighted by atomic mass is 9.79. The van der Waals surface area contributed by atoms with Crippen molar-refractivity contribution < 1.29 is 14.3 Å². The maximum atomic E-state index is 12.9. The van der Waals surface area contributed by atoms with Crippen LogP contribution in [-0.4, -0.2) is 17.1 Å². The van der Waals surface area contributed by atoms with Gasteiger partial charge >= 0.3 is 5.97 Å². The Morgan fingerprint density at radius 3 is 2.75 bits per heavy atom. The van der Waals surface area contributed by atoms with Crippen molar-refractivity contribution in [1.82, 2.24) is 0 Å². The van der Waals surface area contributed by atoms with Gasteiger partial charge in [0, 0.05) is 11.7 Å². The fourth-order valence-electron chi connectivity index (χ4n) is 1.77. The number of aliphatic carboxylic acids is 1. The highest BCUT2D eigenvalue weighted by Crippen LogP contribution is 2.31. The van der Waals surface area contributed by atoms with Crippen LogP contribution in [0, 0.1) is 11.7 Å². The van der Waals surface area contributed by atoms with Crippen LogP contribution in [-0.2, 0) is 4.79 Å². The van der Waals surface area contributed by atoms with Crippen LogP contribution in [0.5, 0.6) is 0 Å². The van der Waals surface area contributed by atoms with E-state index in [4.69, 9.17) is 16.7 Å². The first-order valence-corrected chi connectivity index (χ1v) is 5.40. The van der Waals surface area contributed by atoms with Crippen LogP contribution in [0.1, 0.15) is 12.8 Å². The molecule has 2 atom stereocenters. The summed E-state index contributed by atoms with van der Waals surface area (Å²) in [5, 5.41) is 11.9. The lowest BCUT2D eigenvalue weighted by molar-refractivity contribution is -0.144. The summed E-state index contributed by atoms with van der Waals surface area (Å²) in [6, 6.07) is 4.20. The number of nitrogens with one attached hydrogen (secondary N) is 1. The summed E-state index contributed by atoms with van der Waals surface area (Å²) >= 11 is 5.63. The SMILES string of the molecule is O=C(O)C1CCC1Nc1ccc(F)c(Cl)c1. The Labute approximate surface area is 97.2 Å². The highest BCUT2D eigenvalue weighted by Gasteiger charge is 2.36. The van der Waals surface area contributed by atoms with Gasteiger partial charge in [0.15, 0.2) is 0 Å². The van der Waals surface area contributed by atoms with Crippen molar-refractivity contribution in [2.45, 2.75) is 18.9 Å². The molecular formula is C11H11ClFNO2. The third-order valence-corrected chi connectivity index (χ3v) is 3.15. The summed E-state index contributed by atoms with van der Waals surface area (Å²) in [5.74, 6) is -1.63. The van der Waals surface area contributed by atoms with Crippen LogP contribution >= 0.6 is 11.6 Å². The summed E-state index contributed by atoms with van der Waals surface area (Å²) in [7, 11) is 0. The van der Waals surface area contributed by atoms with Crippen molar-refractivity contribution in [1.29, 1.82) is 0 Å². The molecule has 0 amide bonds. The summed E-state index contributed by atoms with van der Waals surface area (Å²) in [4.78, 5) is 10.8. The molecule has 86 valence electrons. The molecular weight excluding hydrogens is 233 g/mol. The van der Waals surface area contributed by atoms with Gasteiger partial charge in [0.1, 0.15) is 5.82 Å². The van der Waals surface area contributed by atoms with Crippen molar-refractivity contribution >= 4 is 23.3 Å². The largest absolute Gasteiger partial charge is 0.481 e. The van der Waals surface area contributed by atoms with E-state index in [0.29, 0.717) is 12.1 Å².